The number of hydrogen-bond donors (Lipinski definition) is 1. The van der Waals surface area contributed by atoms with Gasteiger partial charge < -0.3 is 19.9 Å². The molecule has 0 saturated carbocycles. The number of ether oxygens (including phenoxy) is 1. The van der Waals surface area contributed by atoms with Crippen molar-refractivity contribution in [1.82, 2.24) is 15.1 Å². The van der Waals surface area contributed by atoms with E-state index in [1.54, 1.807) is 41.0 Å². The van der Waals surface area contributed by atoms with Crippen molar-refractivity contribution in [2.45, 2.75) is 32.7 Å². The maximum Gasteiger partial charge on any atom is 0.409 e. The molecular formula is C19H26ClN3O4. The number of benzene rings is 1. The number of likely N-dealkylation sites (tertiary alicyclic amines) is 1. The number of carbonyl (C=O) groups excluding carboxylic acids is 3. The van der Waals surface area contributed by atoms with Crippen molar-refractivity contribution < 1.29 is 19.1 Å². The van der Waals surface area contributed by atoms with Crippen LogP contribution in [-0.2, 0) is 9.53 Å². The summed E-state index contributed by atoms with van der Waals surface area (Å²) in [5.74, 6) is -0.264. The van der Waals surface area contributed by atoms with Crippen LogP contribution in [0.2, 0.25) is 5.02 Å². The Balaban J connectivity index is 1.83. The van der Waals surface area contributed by atoms with Crippen LogP contribution in [0.4, 0.5) is 4.79 Å². The molecule has 1 aliphatic heterocycles. The molecule has 0 atom stereocenters. The van der Waals surface area contributed by atoms with E-state index in [9.17, 15) is 14.4 Å². The molecular weight excluding hydrogens is 370 g/mol. The number of hydrogen-bond acceptors (Lipinski definition) is 4. The predicted molar refractivity (Wildman–Crippen MR) is 103 cm³/mol. The summed E-state index contributed by atoms with van der Waals surface area (Å²) in [6, 6.07) is 6.77. The van der Waals surface area contributed by atoms with Crippen LogP contribution >= 0.6 is 11.6 Å². The first-order chi connectivity index (χ1) is 12.9. The molecule has 1 aromatic rings. The Hall–Kier alpha value is -2.28. The summed E-state index contributed by atoms with van der Waals surface area (Å²) in [6.07, 6.45) is 1.08. The Morgan fingerprint density at radius 1 is 1.30 bits per heavy atom. The Labute approximate surface area is 164 Å². The lowest BCUT2D eigenvalue weighted by molar-refractivity contribution is -0.131. The highest BCUT2D eigenvalue weighted by Gasteiger charge is 2.28. The van der Waals surface area contributed by atoms with Crippen LogP contribution in [0.25, 0.3) is 0 Å². The second-order valence-corrected chi connectivity index (χ2v) is 6.83. The third kappa shape index (κ3) is 6.13. The minimum atomic E-state index is -0.306. The van der Waals surface area contributed by atoms with Crippen LogP contribution in [0.3, 0.4) is 0 Å². The highest BCUT2D eigenvalue weighted by atomic mass is 35.5. The molecule has 1 saturated heterocycles. The largest absolute Gasteiger partial charge is 0.450 e. The highest BCUT2D eigenvalue weighted by molar-refractivity contribution is 6.30. The fourth-order valence-corrected chi connectivity index (χ4v) is 3.38. The van der Waals surface area contributed by atoms with Crippen molar-refractivity contribution >= 4 is 29.5 Å². The average molecular weight is 396 g/mol. The number of halogens is 1. The van der Waals surface area contributed by atoms with Crippen molar-refractivity contribution in [3.63, 3.8) is 0 Å². The SMILES string of the molecule is CCOC(=O)N1CCC(N(CCNC(=O)c2cccc(Cl)c2)C(C)=O)CC1. The van der Waals surface area contributed by atoms with Crippen LogP contribution in [-0.4, -0.2) is 66.5 Å². The summed E-state index contributed by atoms with van der Waals surface area (Å²) in [6.45, 7) is 5.54. The molecule has 2 rings (SSSR count). The van der Waals surface area contributed by atoms with E-state index in [4.69, 9.17) is 16.3 Å². The number of nitrogens with zero attached hydrogens (tertiary/aromatic N) is 2. The molecule has 27 heavy (non-hydrogen) atoms. The van der Waals surface area contributed by atoms with Gasteiger partial charge in [-0.15, -0.1) is 0 Å². The lowest BCUT2D eigenvalue weighted by atomic mass is 10.0. The third-order valence-electron chi connectivity index (χ3n) is 4.56. The Morgan fingerprint density at radius 2 is 2.00 bits per heavy atom. The van der Waals surface area contributed by atoms with Gasteiger partial charge in [0, 0.05) is 49.7 Å². The molecule has 1 aliphatic rings. The lowest BCUT2D eigenvalue weighted by Gasteiger charge is -2.37. The molecule has 0 aliphatic carbocycles. The summed E-state index contributed by atoms with van der Waals surface area (Å²) in [7, 11) is 0. The normalized spacial score (nSPS) is 14.6. The van der Waals surface area contributed by atoms with E-state index in [2.05, 4.69) is 5.32 Å². The molecule has 1 heterocycles. The van der Waals surface area contributed by atoms with Crippen LogP contribution in [0.1, 0.15) is 37.0 Å². The minimum Gasteiger partial charge on any atom is -0.450 e. The van der Waals surface area contributed by atoms with E-state index in [-0.39, 0.29) is 23.9 Å². The molecule has 0 spiro atoms. The topological polar surface area (TPSA) is 79.0 Å². The summed E-state index contributed by atoms with van der Waals surface area (Å²) in [5.41, 5.74) is 0.486. The van der Waals surface area contributed by atoms with Gasteiger partial charge in [-0.2, -0.15) is 0 Å². The van der Waals surface area contributed by atoms with Gasteiger partial charge in [0.1, 0.15) is 0 Å². The number of rotatable bonds is 6. The summed E-state index contributed by atoms with van der Waals surface area (Å²) in [4.78, 5) is 39.4. The van der Waals surface area contributed by atoms with Gasteiger partial charge in [0.05, 0.1) is 6.61 Å². The van der Waals surface area contributed by atoms with Crippen LogP contribution < -0.4 is 5.32 Å². The Bertz CT molecular complexity index is 675. The van der Waals surface area contributed by atoms with Crippen molar-refractivity contribution in [3.05, 3.63) is 34.9 Å². The third-order valence-corrected chi connectivity index (χ3v) is 4.80. The first-order valence-corrected chi connectivity index (χ1v) is 9.52. The molecule has 1 fully saturated rings. The zero-order chi connectivity index (χ0) is 19.8. The van der Waals surface area contributed by atoms with Crippen LogP contribution in [0.15, 0.2) is 24.3 Å². The summed E-state index contributed by atoms with van der Waals surface area (Å²) < 4.78 is 5.02. The first kappa shape index (κ1) is 21.0. The van der Waals surface area contributed by atoms with E-state index < -0.39 is 0 Å². The monoisotopic (exact) mass is 395 g/mol. The van der Waals surface area contributed by atoms with Crippen molar-refractivity contribution in [2.24, 2.45) is 0 Å². The average Bonchev–Trinajstić information content (AvgIpc) is 2.65. The van der Waals surface area contributed by atoms with E-state index in [1.165, 1.54) is 6.92 Å². The number of piperidine rings is 1. The quantitative estimate of drug-likeness (QED) is 0.802. The molecule has 8 heteroatoms. The van der Waals surface area contributed by atoms with E-state index in [0.29, 0.717) is 56.2 Å². The van der Waals surface area contributed by atoms with Gasteiger partial charge in [-0.1, -0.05) is 17.7 Å². The zero-order valence-corrected chi connectivity index (χ0v) is 16.5. The fraction of sp³-hybridized carbons (Fsp3) is 0.526. The standard InChI is InChI=1S/C19H26ClN3O4/c1-3-27-19(26)22-10-7-17(8-11-22)23(14(2)24)12-9-21-18(25)15-5-4-6-16(20)13-15/h4-6,13,17H,3,7-12H2,1-2H3,(H,21,25). The molecule has 0 radical (unpaired) electrons. The van der Waals surface area contributed by atoms with Gasteiger partial charge >= 0.3 is 6.09 Å². The molecule has 7 nitrogen and oxygen atoms in total. The van der Waals surface area contributed by atoms with Crippen LogP contribution in [0.5, 0.6) is 0 Å². The second kappa shape index (κ2) is 10.2. The fourth-order valence-electron chi connectivity index (χ4n) is 3.19. The van der Waals surface area contributed by atoms with Crippen molar-refractivity contribution in [2.75, 3.05) is 32.8 Å². The predicted octanol–water partition coefficient (Wildman–Crippen LogP) is 2.54. The van der Waals surface area contributed by atoms with Gasteiger partial charge in [0.2, 0.25) is 5.91 Å². The Kier molecular flexibility index (Phi) is 7.91. The molecule has 0 bridgehead atoms. The second-order valence-electron chi connectivity index (χ2n) is 6.40. The first-order valence-electron chi connectivity index (χ1n) is 9.15. The molecule has 148 valence electrons. The molecule has 3 amide bonds. The smallest absolute Gasteiger partial charge is 0.409 e. The molecule has 1 N–H and O–H groups in total. The molecule has 1 aromatic carbocycles. The van der Waals surface area contributed by atoms with Gasteiger partial charge in [0.25, 0.3) is 5.91 Å². The molecule has 0 aromatic heterocycles. The van der Waals surface area contributed by atoms with Gasteiger partial charge in [-0.05, 0) is 38.0 Å². The number of carbonyl (C=O) groups is 3. The van der Waals surface area contributed by atoms with Gasteiger partial charge in [-0.25, -0.2) is 4.79 Å². The number of amides is 3. The molecule has 0 unspecified atom stereocenters. The maximum atomic E-state index is 12.2. The lowest BCUT2D eigenvalue weighted by Crippen LogP contribution is -2.50. The highest BCUT2D eigenvalue weighted by Crippen LogP contribution is 2.17. The minimum absolute atomic E-state index is 0.0402. The van der Waals surface area contributed by atoms with Crippen LogP contribution in [0, 0.1) is 0 Å². The Morgan fingerprint density at radius 3 is 2.59 bits per heavy atom. The van der Waals surface area contributed by atoms with Crippen molar-refractivity contribution in [3.8, 4) is 0 Å². The summed E-state index contributed by atoms with van der Waals surface area (Å²) >= 11 is 5.90. The van der Waals surface area contributed by atoms with Gasteiger partial charge in [0.15, 0.2) is 0 Å². The van der Waals surface area contributed by atoms with E-state index >= 15 is 0 Å². The maximum absolute atomic E-state index is 12.2. The van der Waals surface area contributed by atoms with Crippen molar-refractivity contribution in [1.29, 1.82) is 0 Å². The number of nitrogens with one attached hydrogen (secondary N) is 1. The van der Waals surface area contributed by atoms with Gasteiger partial charge in [-0.3, -0.25) is 9.59 Å². The summed E-state index contributed by atoms with van der Waals surface area (Å²) in [5, 5.41) is 3.32. The van der Waals surface area contributed by atoms with E-state index in [0.717, 1.165) is 0 Å². The zero-order valence-electron chi connectivity index (χ0n) is 15.7. The van der Waals surface area contributed by atoms with E-state index in [1.807, 2.05) is 0 Å².